The second kappa shape index (κ2) is 4.30. The molecule has 0 radical (unpaired) electrons. The third-order valence-corrected chi connectivity index (χ3v) is 3.75. The van der Waals surface area contributed by atoms with Gasteiger partial charge in [-0.1, -0.05) is 0 Å². The first kappa shape index (κ1) is 15.0. The zero-order valence-electron chi connectivity index (χ0n) is 12.0. The molecule has 0 N–H and O–H groups in total. The van der Waals surface area contributed by atoms with Crippen molar-refractivity contribution in [3.63, 3.8) is 0 Å². The first-order chi connectivity index (χ1) is 9.01. The number of rotatable bonds is 1. The first-order valence-electron chi connectivity index (χ1n) is 6.47. The molecule has 20 heavy (non-hydrogen) atoms. The number of carbonyl (C=O) groups excluding carboxylic acids is 2. The molecule has 0 bridgehead atoms. The quantitative estimate of drug-likeness (QED) is 0.695. The van der Waals surface area contributed by atoms with E-state index in [1.807, 2.05) is 0 Å². The molecule has 5 nitrogen and oxygen atoms in total. The van der Waals surface area contributed by atoms with Gasteiger partial charge in [-0.05, 0) is 27.2 Å². The predicted molar refractivity (Wildman–Crippen MR) is 65.4 cm³/mol. The fraction of sp³-hybridized carbons (Fsp3) is 0.846. The van der Waals surface area contributed by atoms with Crippen LogP contribution in [0.2, 0.25) is 0 Å². The van der Waals surface area contributed by atoms with Gasteiger partial charge in [-0.3, -0.25) is 4.90 Å². The summed E-state index contributed by atoms with van der Waals surface area (Å²) in [6, 6.07) is -0.997. The van der Waals surface area contributed by atoms with Crippen molar-refractivity contribution in [2.75, 3.05) is 13.7 Å². The summed E-state index contributed by atoms with van der Waals surface area (Å²) in [4.78, 5) is 24.8. The van der Waals surface area contributed by atoms with Crippen LogP contribution in [0.25, 0.3) is 0 Å². The molecule has 1 heterocycles. The number of ether oxygens (including phenoxy) is 2. The molecule has 1 saturated carbocycles. The monoisotopic (exact) mass is 291 g/mol. The third-order valence-electron chi connectivity index (χ3n) is 3.75. The van der Waals surface area contributed by atoms with Crippen LogP contribution in [0.1, 0.15) is 33.6 Å². The van der Waals surface area contributed by atoms with Gasteiger partial charge in [0, 0.05) is 13.0 Å². The van der Waals surface area contributed by atoms with Gasteiger partial charge in [-0.2, -0.15) is 0 Å². The Morgan fingerprint density at radius 3 is 2.25 bits per heavy atom. The molecular weight excluding hydrogens is 272 g/mol. The average molecular weight is 291 g/mol. The van der Waals surface area contributed by atoms with Crippen molar-refractivity contribution < 1.29 is 27.8 Å². The van der Waals surface area contributed by atoms with Gasteiger partial charge in [0.15, 0.2) is 0 Å². The molecule has 2 fully saturated rings. The lowest BCUT2D eigenvalue weighted by molar-refractivity contribution is -0.145. The predicted octanol–water partition coefficient (Wildman–Crippen LogP) is 2.19. The minimum absolute atomic E-state index is 0.0775. The summed E-state index contributed by atoms with van der Waals surface area (Å²) in [5.74, 6) is -3.51. The van der Waals surface area contributed by atoms with Crippen LogP contribution in [0, 0.1) is 5.41 Å². The average Bonchev–Trinajstić information content (AvgIpc) is 2.67. The molecule has 114 valence electrons. The summed E-state index contributed by atoms with van der Waals surface area (Å²) in [6.45, 7) is 4.86. The Balaban J connectivity index is 2.17. The van der Waals surface area contributed by atoms with Crippen molar-refractivity contribution in [3.05, 3.63) is 0 Å². The van der Waals surface area contributed by atoms with Crippen LogP contribution in [0.3, 0.4) is 0 Å². The zero-order chi connectivity index (χ0) is 15.3. The first-order valence-corrected chi connectivity index (χ1v) is 6.47. The SMILES string of the molecule is COC(=O)C1C[C@@]2(CN1C(=O)OC(C)(C)C)CC2(F)F. The summed E-state index contributed by atoms with van der Waals surface area (Å²) < 4.78 is 36.7. The lowest BCUT2D eigenvalue weighted by Gasteiger charge is -2.27. The van der Waals surface area contributed by atoms with E-state index in [-0.39, 0.29) is 19.4 Å². The van der Waals surface area contributed by atoms with E-state index in [0.717, 1.165) is 4.90 Å². The Morgan fingerprint density at radius 2 is 1.85 bits per heavy atom. The second-order valence-electron chi connectivity index (χ2n) is 6.51. The van der Waals surface area contributed by atoms with Crippen LogP contribution in [-0.2, 0) is 14.3 Å². The third kappa shape index (κ3) is 2.45. The van der Waals surface area contributed by atoms with Gasteiger partial charge in [0.2, 0.25) is 0 Å². The largest absolute Gasteiger partial charge is 0.467 e. The molecule has 1 spiro atoms. The van der Waals surface area contributed by atoms with Crippen LogP contribution >= 0.6 is 0 Å². The molecule has 1 aliphatic carbocycles. The van der Waals surface area contributed by atoms with Crippen molar-refractivity contribution in [2.24, 2.45) is 5.41 Å². The Hall–Kier alpha value is -1.40. The minimum atomic E-state index is -2.82. The van der Waals surface area contributed by atoms with Crippen molar-refractivity contribution in [2.45, 2.75) is 51.2 Å². The van der Waals surface area contributed by atoms with Gasteiger partial charge < -0.3 is 9.47 Å². The number of alkyl halides is 2. The molecular formula is C13H19F2NO4. The highest BCUT2D eigenvalue weighted by Crippen LogP contribution is 2.66. The Morgan fingerprint density at radius 1 is 1.30 bits per heavy atom. The summed E-state index contributed by atoms with van der Waals surface area (Å²) in [6.07, 6.45) is -1.13. The maximum absolute atomic E-state index is 13.5. The minimum Gasteiger partial charge on any atom is -0.467 e. The summed E-state index contributed by atoms with van der Waals surface area (Å²) in [5.41, 5.74) is -2.04. The standard InChI is InChI=1S/C13H19F2NO4/c1-11(2,3)20-10(18)16-7-12(6-13(12,14)15)5-8(16)9(17)19-4/h8H,5-7H2,1-4H3/t8?,12-/m0/s1. The molecule has 0 aromatic heterocycles. The van der Waals surface area contributed by atoms with Crippen LogP contribution < -0.4 is 0 Å². The maximum Gasteiger partial charge on any atom is 0.411 e. The number of methoxy groups -OCH3 is 1. The van der Waals surface area contributed by atoms with Gasteiger partial charge in [-0.15, -0.1) is 0 Å². The zero-order valence-corrected chi connectivity index (χ0v) is 12.0. The molecule has 0 aromatic carbocycles. The second-order valence-corrected chi connectivity index (χ2v) is 6.51. The fourth-order valence-electron chi connectivity index (χ4n) is 2.61. The molecule has 2 rings (SSSR count). The van der Waals surface area contributed by atoms with Gasteiger partial charge in [0.05, 0.1) is 12.5 Å². The summed E-state index contributed by atoms with van der Waals surface area (Å²) in [7, 11) is 1.17. The molecule has 1 unspecified atom stereocenters. The number of amides is 1. The molecule has 0 aromatic rings. The Labute approximate surface area is 116 Å². The number of halogens is 2. The molecule has 2 aliphatic rings. The lowest BCUT2D eigenvalue weighted by Crippen LogP contribution is -2.44. The van der Waals surface area contributed by atoms with E-state index in [4.69, 9.17) is 4.74 Å². The van der Waals surface area contributed by atoms with E-state index in [1.165, 1.54) is 7.11 Å². The number of carbonyl (C=O) groups is 2. The smallest absolute Gasteiger partial charge is 0.411 e. The van der Waals surface area contributed by atoms with E-state index in [2.05, 4.69) is 4.74 Å². The maximum atomic E-state index is 13.5. The van der Waals surface area contributed by atoms with E-state index >= 15 is 0 Å². The van der Waals surface area contributed by atoms with Crippen molar-refractivity contribution in [3.8, 4) is 0 Å². The van der Waals surface area contributed by atoms with Crippen LogP contribution in [0.4, 0.5) is 13.6 Å². The highest BCUT2D eigenvalue weighted by atomic mass is 19.3. The van der Waals surface area contributed by atoms with Gasteiger partial charge in [-0.25, -0.2) is 18.4 Å². The highest BCUT2D eigenvalue weighted by molar-refractivity contribution is 5.82. The number of hydrogen-bond donors (Lipinski definition) is 0. The number of hydrogen-bond acceptors (Lipinski definition) is 4. The van der Waals surface area contributed by atoms with Crippen LogP contribution in [-0.4, -0.2) is 48.2 Å². The van der Waals surface area contributed by atoms with E-state index in [0.29, 0.717) is 0 Å². The summed E-state index contributed by atoms with van der Waals surface area (Å²) in [5, 5.41) is 0. The number of esters is 1. The summed E-state index contributed by atoms with van der Waals surface area (Å²) >= 11 is 0. The van der Waals surface area contributed by atoms with Gasteiger partial charge >= 0.3 is 12.1 Å². The van der Waals surface area contributed by atoms with E-state index < -0.39 is 35.0 Å². The van der Waals surface area contributed by atoms with E-state index in [9.17, 15) is 18.4 Å². The molecule has 1 saturated heterocycles. The van der Waals surface area contributed by atoms with Crippen LogP contribution in [0.5, 0.6) is 0 Å². The highest BCUT2D eigenvalue weighted by Gasteiger charge is 2.75. The Kier molecular flexibility index (Phi) is 3.22. The normalized spacial score (nSPS) is 31.3. The van der Waals surface area contributed by atoms with Crippen molar-refractivity contribution in [1.82, 2.24) is 4.90 Å². The Bertz CT molecular complexity index is 446. The van der Waals surface area contributed by atoms with Gasteiger partial charge in [0.1, 0.15) is 11.6 Å². The van der Waals surface area contributed by atoms with Crippen LogP contribution in [0.15, 0.2) is 0 Å². The fourth-order valence-corrected chi connectivity index (χ4v) is 2.61. The van der Waals surface area contributed by atoms with Gasteiger partial charge in [0.25, 0.3) is 5.92 Å². The topological polar surface area (TPSA) is 55.8 Å². The molecule has 1 aliphatic heterocycles. The molecule has 7 heteroatoms. The number of likely N-dealkylation sites (tertiary alicyclic amines) is 1. The van der Waals surface area contributed by atoms with Crippen molar-refractivity contribution >= 4 is 12.1 Å². The molecule has 1 amide bonds. The molecule has 2 atom stereocenters. The lowest BCUT2D eigenvalue weighted by atomic mass is 10.0. The van der Waals surface area contributed by atoms with Crippen molar-refractivity contribution in [1.29, 1.82) is 0 Å². The number of nitrogens with zero attached hydrogens (tertiary/aromatic N) is 1. The van der Waals surface area contributed by atoms with E-state index in [1.54, 1.807) is 20.8 Å².